The van der Waals surface area contributed by atoms with Gasteiger partial charge in [0.2, 0.25) is 0 Å². The lowest BCUT2D eigenvalue weighted by Gasteiger charge is -2.09. The number of aliphatic hydroxyl groups excluding tert-OH is 1. The highest BCUT2D eigenvalue weighted by Gasteiger charge is 2.12. The zero-order valence-electron chi connectivity index (χ0n) is 10.9. The zero-order chi connectivity index (χ0) is 13.5. The highest BCUT2D eigenvalue weighted by atomic mass is 19.1. The first-order valence-corrected chi connectivity index (χ1v) is 6.20. The first-order valence-electron chi connectivity index (χ1n) is 6.20. The predicted molar refractivity (Wildman–Crippen MR) is 69.0 cm³/mol. The molecule has 1 rings (SSSR count). The Balaban J connectivity index is 2.44. The molecule has 3 nitrogen and oxygen atoms in total. The summed E-state index contributed by atoms with van der Waals surface area (Å²) >= 11 is 0. The van der Waals surface area contributed by atoms with E-state index in [0.717, 1.165) is 12.8 Å². The van der Waals surface area contributed by atoms with Gasteiger partial charge in [0.05, 0.1) is 5.56 Å². The third-order valence-electron chi connectivity index (χ3n) is 2.91. The summed E-state index contributed by atoms with van der Waals surface area (Å²) in [6, 6.07) is 4.78. The summed E-state index contributed by atoms with van der Waals surface area (Å²) in [7, 11) is 0. The number of halogens is 1. The molecule has 0 aliphatic heterocycles. The standard InChI is InChI=1S/C14H20FNO2/c1-10(9-17)5-4-8-16-14(18)12-7-3-6-11(2)13(12)15/h3,6-7,10,17H,4-5,8-9H2,1-2H3,(H,16,18). The monoisotopic (exact) mass is 253 g/mol. The maximum absolute atomic E-state index is 13.7. The van der Waals surface area contributed by atoms with Gasteiger partial charge in [-0.05, 0) is 37.3 Å². The van der Waals surface area contributed by atoms with Crippen LogP contribution in [0.2, 0.25) is 0 Å². The first kappa shape index (κ1) is 14.6. The third kappa shape index (κ3) is 4.11. The van der Waals surface area contributed by atoms with Gasteiger partial charge in [-0.2, -0.15) is 0 Å². The Hall–Kier alpha value is -1.42. The fourth-order valence-electron chi connectivity index (χ4n) is 1.66. The van der Waals surface area contributed by atoms with Crippen LogP contribution in [0, 0.1) is 18.7 Å². The number of carbonyl (C=O) groups is 1. The molecule has 2 N–H and O–H groups in total. The summed E-state index contributed by atoms with van der Waals surface area (Å²) < 4.78 is 13.7. The summed E-state index contributed by atoms with van der Waals surface area (Å²) in [5.41, 5.74) is 0.557. The van der Waals surface area contributed by atoms with E-state index in [9.17, 15) is 9.18 Å². The Morgan fingerprint density at radius 1 is 1.50 bits per heavy atom. The van der Waals surface area contributed by atoms with Gasteiger partial charge in [0.1, 0.15) is 5.82 Å². The Bertz CT molecular complexity index is 407. The number of carbonyl (C=O) groups excluding carboxylic acids is 1. The number of benzene rings is 1. The molecule has 0 saturated carbocycles. The number of nitrogens with one attached hydrogen (secondary N) is 1. The lowest BCUT2D eigenvalue weighted by Crippen LogP contribution is -2.26. The van der Waals surface area contributed by atoms with E-state index in [-0.39, 0.29) is 24.0 Å². The van der Waals surface area contributed by atoms with Crippen LogP contribution in [-0.4, -0.2) is 24.2 Å². The lowest BCUT2D eigenvalue weighted by molar-refractivity contribution is 0.0948. The fourth-order valence-corrected chi connectivity index (χ4v) is 1.66. The van der Waals surface area contributed by atoms with Crippen LogP contribution >= 0.6 is 0 Å². The topological polar surface area (TPSA) is 49.3 Å². The summed E-state index contributed by atoms with van der Waals surface area (Å²) in [5, 5.41) is 11.5. The van der Waals surface area contributed by atoms with Crippen LogP contribution in [0.4, 0.5) is 4.39 Å². The van der Waals surface area contributed by atoms with Crippen molar-refractivity contribution in [2.75, 3.05) is 13.2 Å². The van der Waals surface area contributed by atoms with Gasteiger partial charge in [-0.15, -0.1) is 0 Å². The summed E-state index contributed by atoms with van der Waals surface area (Å²) in [5.74, 6) is -0.607. The van der Waals surface area contributed by atoms with Crippen LogP contribution < -0.4 is 5.32 Å². The van der Waals surface area contributed by atoms with E-state index in [0.29, 0.717) is 12.1 Å². The van der Waals surface area contributed by atoms with Gasteiger partial charge >= 0.3 is 0 Å². The van der Waals surface area contributed by atoms with E-state index in [1.54, 1.807) is 19.1 Å². The maximum Gasteiger partial charge on any atom is 0.254 e. The highest BCUT2D eigenvalue weighted by Crippen LogP contribution is 2.11. The molecule has 0 saturated heterocycles. The van der Waals surface area contributed by atoms with Crippen molar-refractivity contribution in [3.63, 3.8) is 0 Å². The van der Waals surface area contributed by atoms with Gasteiger partial charge in [-0.25, -0.2) is 4.39 Å². The Morgan fingerprint density at radius 2 is 2.22 bits per heavy atom. The predicted octanol–water partition coefficient (Wildman–Crippen LogP) is 2.27. The smallest absolute Gasteiger partial charge is 0.254 e. The largest absolute Gasteiger partial charge is 0.396 e. The highest BCUT2D eigenvalue weighted by molar-refractivity contribution is 5.94. The van der Waals surface area contributed by atoms with Crippen molar-refractivity contribution < 1.29 is 14.3 Å². The van der Waals surface area contributed by atoms with Crippen molar-refractivity contribution in [1.29, 1.82) is 0 Å². The van der Waals surface area contributed by atoms with Crippen molar-refractivity contribution in [3.8, 4) is 0 Å². The van der Waals surface area contributed by atoms with E-state index in [2.05, 4.69) is 5.32 Å². The first-order chi connectivity index (χ1) is 8.56. The van der Waals surface area contributed by atoms with Gasteiger partial charge in [-0.3, -0.25) is 4.79 Å². The van der Waals surface area contributed by atoms with Crippen LogP contribution in [-0.2, 0) is 0 Å². The minimum absolute atomic E-state index is 0.0882. The molecule has 1 atom stereocenters. The molecular weight excluding hydrogens is 233 g/mol. The van der Waals surface area contributed by atoms with Gasteiger partial charge in [-0.1, -0.05) is 19.1 Å². The molecule has 1 aromatic rings. The maximum atomic E-state index is 13.7. The van der Waals surface area contributed by atoms with Crippen LogP contribution in [0.3, 0.4) is 0 Å². The van der Waals surface area contributed by atoms with E-state index in [1.165, 1.54) is 6.07 Å². The fraction of sp³-hybridized carbons (Fsp3) is 0.500. The number of hydrogen-bond acceptors (Lipinski definition) is 2. The molecular formula is C14H20FNO2. The molecule has 4 heteroatoms. The molecule has 0 aliphatic carbocycles. The average molecular weight is 253 g/mol. The Labute approximate surface area is 107 Å². The van der Waals surface area contributed by atoms with E-state index >= 15 is 0 Å². The lowest BCUT2D eigenvalue weighted by atomic mass is 10.1. The molecule has 0 heterocycles. The zero-order valence-corrected chi connectivity index (χ0v) is 10.9. The van der Waals surface area contributed by atoms with Gasteiger partial charge in [0.15, 0.2) is 0 Å². The van der Waals surface area contributed by atoms with Crippen LogP contribution in [0.25, 0.3) is 0 Å². The van der Waals surface area contributed by atoms with E-state index in [4.69, 9.17) is 5.11 Å². The number of amides is 1. The molecule has 1 aromatic carbocycles. The molecule has 1 amide bonds. The number of hydrogen-bond donors (Lipinski definition) is 2. The normalized spacial score (nSPS) is 12.2. The van der Waals surface area contributed by atoms with Crippen LogP contribution in [0.5, 0.6) is 0 Å². The van der Waals surface area contributed by atoms with Crippen LogP contribution in [0.15, 0.2) is 18.2 Å². The van der Waals surface area contributed by atoms with Gasteiger partial charge < -0.3 is 10.4 Å². The molecule has 0 radical (unpaired) electrons. The molecule has 0 aromatic heterocycles. The minimum Gasteiger partial charge on any atom is -0.396 e. The summed E-state index contributed by atoms with van der Waals surface area (Å²) in [6.45, 7) is 4.23. The van der Waals surface area contributed by atoms with Gasteiger partial charge in [0.25, 0.3) is 5.91 Å². The van der Waals surface area contributed by atoms with Crippen LogP contribution in [0.1, 0.15) is 35.7 Å². The molecule has 0 fully saturated rings. The third-order valence-corrected chi connectivity index (χ3v) is 2.91. The summed E-state index contributed by atoms with van der Waals surface area (Å²) in [6.07, 6.45) is 1.62. The minimum atomic E-state index is -0.460. The SMILES string of the molecule is Cc1cccc(C(=O)NCCCC(C)CO)c1F. The second-order valence-electron chi connectivity index (χ2n) is 4.62. The molecule has 0 spiro atoms. The van der Waals surface area contributed by atoms with Crippen molar-refractivity contribution >= 4 is 5.91 Å². The Kier molecular flexibility index (Phi) is 5.78. The quantitative estimate of drug-likeness (QED) is 0.764. The summed E-state index contributed by atoms with van der Waals surface area (Å²) in [4.78, 5) is 11.7. The molecule has 0 aliphatic rings. The number of aryl methyl sites for hydroxylation is 1. The van der Waals surface area contributed by atoms with E-state index < -0.39 is 5.82 Å². The van der Waals surface area contributed by atoms with Crippen molar-refractivity contribution in [3.05, 3.63) is 35.1 Å². The average Bonchev–Trinajstić information content (AvgIpc) is 2.37. The van der Waals surface area contributed by atoms with E-state index in [1.807, 2.05) is 6.92 Å². The number of aliphatic hydroxyl groups is 1. The second kappa shape index (κ2) is 7.11. The Morgan fingerprint density at radius 3 is 2.89 bits per heavy atom. The molecule has 18 heavy (non-hydrogen) atoms. The molecule has 1 unspecified atom stereocenters. The van der Waals surface area contributed by atoms with Crippen molar-refractivity contribution in [1.82, 2.24) is 5.32 Å². The molecule has 100 valence electrons. The second-order valence-corrected chi connectivity index (χ2v) is 4.62. The van der Waals surface area contributed by atoms with Crippen molar-refractivity contribution in [2.45, 2.75) is 26.7 Å². The molecule has 0 bridgehead atoms. The van der Waals surface area contributed by atoms with Crippen molar-refractivity contribution in [2.24, 2.45) is 5.92 Å². The van der Waals surface area contributed by atoms with Gasteiger partial charge in [0, 0.05) is 13.2 Å². The number of rotatable bonds is 6.